The van der Waals surface area contributed by atoms with E-state index in [0.717, 1.165) is 45.0 Å². The van der Waals surface area contributed by atoms with Crippen LogP contribution in [0.4, 0.5) is 0 Å². The zero-order valence-corrected chi connectivity index (χ0v) is 16.3. The minimum atomic E-state index is 0. The number of piperazine rings is 1. The van der Waals surface area contributed by atoms with Crippen molar-refractivity contribution in [3.63, 3.8) is 0 Å². The van der Waals surface area contributed by atoms with E-state index in [0.29, 0.717) is 6.42 Å². The second-order valence-electron chi connectivity index (χ2n) is 6.67. The van der Waals surface area contributed by atoms with E-state index in [-0.39, 0.29) is 18.3 Å². The number of ether oxygens (including phenoxy) is 1. The molecule has 142 valence electrons. The van der Waals surface area contributed by atoms with Crippen LogP contribution in [0.25, 0.3) is 10.8 Å². The van der Waals surface area contributed by atoms with Crippen LogP contribution in [0, 0.1) is 0 Å². The highest BCUT2D eigenvalue weighted by Crippen LogP contribution is 2.22. The molecule has 0 saturated carbocycles. The molecule has 1 fully saturated rings. The molecule has 1 saturated heterocycles. The molecule has 0 aromatic heterocycles. The van der Waals surface area contributed by atoms with E-state index in [9.17, 15) is 4.79 Å². The van der Waals surface area contributed by atoms with Crippen LogP contribution in [0.2, 0.25) is 0 Å². The molecule has 1 N–H and O–H groups in total. The van der Waals surface area contributed by atoms with E-state index in [1.54, 1.807) is 7.11 Å². The summed E-state index contributed by atoms with van der Waals surface area (Å²) < 4.78 is 5.27. The Balaban J connectivity index is 0.00000243. The number of methoxy groups -OCH3 is 1. The summed E-state index contributed by atoms with van der Waals surface area (Å²) >= 11 is 0. The highest BCUT2D eigenvalue weighted by Gasteiger charge is 2.16. The second kappa shape index (κ2) is 9.76. The summed E-state index contributed by atoms with van der Waals surface area (Å²) in [6.45, 7) is 5.10. The van der Waals surface area contributed by atoms with Crippen molar-refractivity contribution in [2.75, 3.05) is 46.9 Å². The fourth-order valence-corrected chi connectivity index (χ4v) is 3.25. The topological polar surface area (TPSA) is 44.8 Å². The highest BCUT2D eigenvalue weighted by molar-refractivity contribution is 5.85. The monoisotopic (exact) mass is 377 g/mol. The molecule has 2 aromatic carbocycles. The zero-order valence-electron chi connectivity index (χ0n) is 15.5. The first-order valence-corrected chi connectivity index (χ1v) is 8.89. The molecule has 3 rings (SSSR count). The molecule has 0 spiro atoms. The summed E-state index contributed by atoms with van der Waals surface area (Å²) in [6.07, 6.45) is 0.585. The summed E-state index contributed by atoms with van der Waals surface area (Å²) in [4.78, 5) is 16.4. The van der Waals surface area contributed by atoms with Gasteiger partial charge >= 0.3 is 0 Å². The standard InChI is InChI=1S/C20H27N3O2.ClH/c1-22(10-7-20(24)23-11-8-21-9-12-23)15-16-3-4-18-14-19(25-2)6-5-17(18)13-16;/h3-6,13-14,21H,7-12,15H2,1-2H3;1H. The SMILES string of the molecule is COc1ccc2cc(CN(C)CCC(=O)N3CCNCC3)ccc2c1.Cl. The Hall–Kier alpha value is -1.82. The second-order valence-corrected chi connectivity index (χ2v) is 6.67. The van der Waals surface area contributed by atoms with Crippen molar-refractivity contribution in [3.05, 3.63) is 42.0 Å². The first-order chi connectivity index (χ1) is 12.2. The molecular weight excluding hydrogens is 350 g/mol. The van der Waals surface area contributed by atoms with Gasteiger partial charge in [0.15, 0.2) is 0 Å². The van der Waals surface area contributed by atoms with E-state index in [4.69, 9.17) is 4.74 Å². The van der Waals surface area contributed by atoms with Gasteiger partial charge in [0.2, 0.25) is 5.91 Å². The van der Waals surface area contributed by atoms with E-state index < -0.39 is 0 Å². The van der Waals surface area contributed by atoms with E-state index in [1.807, 2.05) is 11.0 Å². The number of hydrogen-bond acceptors (Lipinski definition) is 4. The third-order valence-corrected chi connectivity index (χ3v) is 4.74. The molecular formula is C20H28ClN3O2. The molecule has 0 unspecified atom stereocenters. The summed E-state index contributed by atoms with van der Waals surface area (Å²) in [7, 11) is 3.76. The van der Waals surface area contributed by atoms with Crippen molar-refractivity contribution >= 4 is 29.1 Å². The van der Waals surface area contributed by atoms with Gasteiger partial charge in [0.1, 0.15) is 5.75 Å². The summed E-state index contributed by atoms with van der Waals surface area (Å²) in [5.74, 6) is 1.14. The van der Waals surface area contributed by atoms with Crippen LogP contribution < -0.4 is 10.1 Å². The Morgan fingerprint density at radius 1 is 1.15 bits per heavy atom. The van der Waals surface area contributed by atoms with Crippen molar-refractivity contribution in [2.45, 2.75) is 13.0 Å². The Morgan fingerprint density at radius 2 is 1.85 bits per heavy atom. The minimum Gasteiger partial charge on any atom is -0.497 e. The minimum absolute atomic E-state index is 0. The van der Waals surface area contributed by atoms with E-state index in [1.165, 1.54) is 16.3 Å². The average molecular weight is 378 g/mol. The molecule has 1 heterocycles. The van der Waals surface area contributed by atoms with Crippen LogP contribution in [-0.2, 0) is 11.3 Å². The average Bonchev–Trinajstić information content (AvgIpc) is 2.66. The van der Waals surface area contributed by atoms with Gasteiger partial charge in [0.05, 0.1) is 7.11 Å². The first-order valence-electron chi connectivity index (χ1n) is 8.89. The maximum Gasteiger partial charge on any atom is 0.223 e. The number of hydrogen-bond donors (Lipinski definition) is 1. The van der Waals surface area contributed by atoms with Gasteiger partial charge in [-0.05, 0) is 41.6 Å². The smallest absolute Gasteiger partial charge is 0.223 e. The predicted molar refractivity (Wildman–Crippen MR) is 108 cm³/mol. The summed E-state index contributed by atoms with van der Waals surface area (Å²) in [5, 5.41) is 5.67. The lowest BCUT2D eigenvalue weighted by Crippen LogP contribution is -2.47. The van der Waals surface area contributed by atoms with Crippen molar-refractivity contribution in [3.8, 4) is 5.75 Å². The Labute approximate surface area is 161 Å². The van der Waals surface area contributed by atoms with Gasteiger partial charge in [-0.2, -0.15) is 0 Å². The van der Waals surface area contributed by atoms with Crippen LogP contribution in [0.1, 0.15) is 12.0 Å². The van der Waals surface area contributed by atoms with Crippen LogP contribution in [0.3, 0.4) is 0 Å². The number of carbonyl (C=O) groups is 1. The molecule has 5 nitrogen and oxygen atoms in total. The molecule has 1 aliphatic heterocycles. The molecule has 1 aliphatic rings. The van der Waals surface area contributed by atoms with Crippen LogP contribution in [-0.4, -0.2) is 62.6 Å². The van der Waals surface area contributed by atoms with Crippen molar-refractivity contribution in [1.82, 2.24) is 15.1 Å². The molecule has 0 bridgehead atoms. The van der Waals surface area contributed by atoms with E-state index >= 15 is 0 Å². The largest absolute Gasteiger partial charge is 0.497 e. The van der Waals surface area contributed by atoms with Crippen LogP contribution in [0.5, 0.6) is 5.75 Å². The lowest BCUT2D eigenvalue weighted by atomic mass is 10.1. The maximum atomic E-state index is 12.2. The number of nitrogens with one attached hydrogen (secondary N) is 1. The maximum absolute atomic E-state index is 12.2. The quantitative estimate of drug-likeness (QED) is 0.840. The van der Waals surface area contributed by atoms with Gasteiger partial charge in [-0.25, -0.2) is 0 Å². The lowest BCUT2D eigenvalue weighted by molar-refractivity contribution is -0.132. The molecule has 0 radical (unpaired) electrons. The van der Waals surface area contributed by atoms with Crippen molar-refractivity contribution in [2.24, 2.45) is 0 Å². The van der Waals surface area contributed by atoms with Gasteiger partial charge in [-0.15, -0.1) is 12.4 Å². The van der Waals surface area contributed by atoms with Gasteiger partial charge in [-0.3, -0.25) is 4.79 Å². The molecule has 0 atom stereocenters. The molecule has 6 heteroatoms. The fourth-order valence-electron chi connectivity index (χ4n) is 3.25. The van der Waals surface area contributed by atoms with Gasteiger partial charge in [0.25, 0.3) is 0 Å². The van der Waals surface area contributed by atoms with E-state index in [2.05, 4.69) is 47.6 Å². The lowest BCUT2D eigenvalue weighted by Gasteiger charge is -2.28. The Bertz CT molecular complexity index is 732. The molecule has 2 aromatic rings. The first kappa shape index (κ1) is 20.5. The normalized spacial score (nSPS) is 14.3. The fraction of sp³-hybridized carbons (Fsp3) is 0.450. The number of rotatable bonds is 6. The number of fused-ring (bicyclic) bond motifs is 1. The summed E-state index contributed by atoms with van der Waals surface area (Å²) in [5.41, 5.74) is 1.26. The number of nitrogens with zero attached hydrogens (tertiary/aromatic N) is 2. The molecule has 26 heavy (non-hydrogen) atoms. The Morgan fingerprint density at radius 3 is 2.58 bits per heavy atom. The predicted octanol–water partition coefficient (Wildman–Crippen LogP) is 2.52. The zero-order chi connectivity index (χ0) is 17.6. The van der Waals surface area contributed by atoms with Gasteiger partial charge < -0.3 is 19.9 Å². The van der Waals surface area contributed by atoms with Crippen molar-refractivity contribution in [1.29, 1.82) is 0 Å². The Kier molecular flexibility index (Phi) is 7.69. The number of benzene rings is 2. The number of carbonyl (C=O) groups excluding carboxylic acids is 1. The van der Waals surface area contributed by atoms with Crippen LogP contribution >= 0.6 is 12.4 Å². The number of amides is 1. The van der Waals surface area contributed by atoms with Gasteiger partial charge in [-0.1, -0.05) is 18.2 Å². The van der Waals surface area contributed by atoms with Crippen molar-refractivity contribution < 1.29 is 9.53 Å². The third kappa shape index (κ3) is 5.34. The highest BCUT2D eigenvalue weighted by atomic mass is 35.5. The van der Waals surface area contributed by atoms with Crippen LogP contribution in [0.15, 0.2) is 36.4 Å². The van der Waals surface area contributed by atoms with Gasteiger partial charge in [0, 0.05) is 45.7 Å². The molecule has 1 amide bonds. The third-order valence-electron chi connectivity index (χ3n) is 4.74. The number of halogens is 1. The summed E-state index contributed by atoms with van der Waals surface area (Å²) in [6, 6.07) is 12.6. The molecule has 0 aliphatic carbocycles.